The highest BCUT2D eigenvalue weighted by Gasteiger charge is 2.43. The van der Waals surface area contributed by atoms with Crippen molar-refractivity contribution in [2.75, 3.05) is 19.0 Å². The number of nitriles is 1. The zero-order valence-corrected chi connectivity index (χ0v) is 27.0. The molecule has 4 rings (SSSR count). The van der Waals surface area contributed by atoms with Gasteiger partial charge in [-0.2, -0.15) is 31.6 Å². The second kappa shape index (κ2) is 13.3. The van der Waals surface area contributed by atoms with E-state index in [0.717, 1.165) is 19.3 Å². The van der Waals surface area contributed by atoms with Crippen molar-refractivity contribution in [3.8, 4) is 16.5 Å². The van der Waals surface area contributed by atoms with E-state index in [4.69, 9.17) is 4.74 Å². The molecule has 0 amide bonds. The molecular weight excluding hydrogens is 649 g/mol. The van der Waals surface area contributed by atoms with E-state index in [1.165, 1.54) is 50.5 Å². The number of ketones is 1. The number of alkyl halides is 6. The van der Waals surface area contributed by atoms with E-state index in [9.17, 15) is 45.6 Å². The summed E-state index contributed by atoms with van der Waals surface area (Å²) >= 11 is 1.19. The molecule has 1 fully saturated rings. The molecule has 2 aromatic carbocycles. The second-order valence-electron chi connectivity index (χ2n) is 12.4. The van der Waals surface area contributed by atoms with Gasteiger partial charge < -0.3 is 10.1 Å². The normalized spacial score (nSPS) is 15.2. The summed E-state index contributed by atoms with van der Waals surface area (Å²) in [5, 5.41) is 13.3. The number of benzene rings is 2. The molecule has 1 saturated carbocycles. The molecule has 0 aliphatic heterocycles. The predicted octanol–water partition coefficient (Wildman–Crippen LogP) is 9.40. The number of hydrogen-bond donors (Lipinski definition) is 1. The Morgan fingerprint density at radius 3 is 2.04 bits per heavy atom. The zero-order valence-electron chi connectivity index (χ0n) is 26.1. The first kappa shape index (κ1) is 35.9. The van der Waals surface area contributed by atoms with E-state index in [1.54, 1.807) is 6.92 Å². The summed E-state index contributed by atoms with van der Waals surface area (Å²) in [4.78, 5) is 27.6. The van der Waals surface area contributed by atoms with Gasteiger partial charge in [-0.3, -0.25) is 9.59 Å². The van der Waals surface area contributed by atoms with Gasteiger partial charge in [0.2, 0.25) is 0 Å². The molecule has 0 atom stereocenters. The molecule has 0 saturated heterocycles. The first-order valence-electron chi connectivity index (χ1n) is 14.8. The molecule has 0 bridgehead atoms. The number of hydrogen-bond acceptors (Lipinski definition) is 6. The van der Waals surface area contributed by atoms with Gasteiger partial charge in [-0.1, -0.05) is 25.3 Å². The van der Waals surface area contributed by atoms with E-state index in [1.807, 2.05) is 0 Å². The van der Waals surface area contributed by atoms with Crippen molar-refractivity contribution in [3.63, 3.8) is 0 Å². The van der Waals surface area contributed by atoms with Crippen molar-refractivity contribution < 1.29 is 45.1 Å². The average Bonchev–Trinajstić information content (AvgIpc) is 3.34. The van der Waals surface area contributed by atoms with E-state index < -0.39 is 64.0 Å². The molecule has 47 heavy (non-hydrogen) atoms. The number of halogens is 7. The van der Waals surface area contributed by atoms with E-state index in [0.29, 0.717) is 45.9 Å². The van der Waals surface area contributed by atoms with Gasteiger partial charge in [-0.05, 0) is 87.1 Å². The average molecular weight is 683 g/mol. The maximum absolute atomic E-state index is 14.1. The molecule has 5 nitrogen and oxygen atoms in total. The fraction of sp³-hybridized carbons (Fsp3) is 0.441. The van der Waals surface area contributed by atoms with Crippen molar-refractivity contribution in [2.45, 2.75) is 77.1 Å². The Labute approximate surface area is 271 Å². The summed E-state index contributed by atoms with van der Waals surface area (Å²) in [6.45, 7) is 3.55. The number of Topliss-reactive ketones (excluding diaryl/α,β-unsaturated/α-hetero) is 1. The van der Waals surface area contributed by atoms with Gasteiger partial charge in [-0.15, -0.1) is 11.3 Å². The van der Waals surface area contributed by atoms with Crippen LogP contribution in [0.5, 0.6) is 0 Å². The van der Waals surface area contributed by atoms with Crippen LogP contribution >= 0.6 is 11.3 Å². The lowest BCUT2D eigenvalue weighted by Crippen LogP contribution is -2.36. The van der Waals surface area contributed by atoms with E-state index in [2.05, 4.69) is 11.4 Å². The third-order valence-corrected chi connectivity index (χ3v) is 10.1. The van der Waals surface area contributed by atoms with E-state index >= 15 is 0 Å². The third-order valence-electron chi connectivity index (χ3n) is 8.89. The zero-order chi connectivity index (χ0) is 34.9. The van der Waals surface area contributed by atoms with Gasteiger partial charge in [0.15, 0.2) is 5.78 Å². The summed E-state index contributed by atoms with van der Waals surface area (Å²) in [5.74, 6) is -1.65. The van der Waals surface area contributed by atoms with E-state index in [-0.39, 0.29) is 23.7 Å². The van der Waals surface area contributed by atoms with Gasteiger partial charge in [-0.25, -0.2) is 4.39 Å². The van der Waals surface area contributed by atoms with Crippen LogP contribution in [0.1, 0.15) is 78.6 Å². The Kier molecular flexibility index (Phi) is 10.2. The molecule has 0 unspecified atom stereocenters. The Morgan fingerprint density at radius 1 is 0.957 bits per heavy atom. The number of carbonyl (C=O) groups is 2. The molecule has 1 aliphatic carbocycles. The number of esters is 1. The van der Waals surface area contributed by atoms with Crippen LogP contribution < -0.4 is 5.32 Å². The summed E-state index contributed by atoms with van der Waals surface area (Å²) in [5.41, 5.74) is -4.88. The molecular formula is C34H33F7N2O3S. The highest BCUT2D eigenvalue weighted by molar-refractivity contribution is 7.16. The number of methoxy groups -OCH3 is 1. The second-order valence-corrected chi connectivity index (χ2v) is 13.5. The lowest BCUT2D eigenvalue weighted by Gasteiger charge is -2.34. The van der Waals surface area contributed by atoms with Crippen LogP contribution in [0, 0.1) is 29.5 Å². The number of aryl methyl sites for hydroxylation is 1. The maximum atomic E-state index is 14.1. The number of rotatable bonds is 9. The van der Waals surface area contributed by atoms with Crippen molar-refractivity contribution >= 4 is 28.8 Å². The highest BCUT2D eigenvalue weighted by Crippen LogP contribution is 2.48. The summed E-state index contributed by atoms with van der Waals surface area (Å²) < 4.78 is 101. The maximum Gasteiger partial charge on any atom is 0.416 e. The Bertz CT molecular complexity index is 1680. The minimum atomic E-state index is -5.09. The van der Waals surface area contributed by atoms with Crippen molar-refractivity contribution in [1.29, 1.82) is 5.26 Å². The third kappa shape index (κ3) is 7.48. The largest absolute Gasteiger partial charge is 0.469 e. The number of ether oxygens (including phenoxy) is 1. The lowest BCUT2D eigenvalue weighted by atomic mass is 9.71. The van der Waals surface area contributed by atoms with Crippen LogP contribution in [0.2, 0.25) is 0 Å². The topological polar surface area (TPSA) is 79.2 Å². The van der Waals surface area contributed by atoms with Crippen molar-refractivity contribution in [2.24, 2.45) is 5.41 Å². The molecule has 252 valence electrons. The van der Waals surface area contributed by atoms with Gasteiger partial charge in [0, 0.05) is 4.88 Å². The summed E-state index contributed by atoms with van der Waals surface area (Å²) in [6, 6.07) is 7.24. The number of carbonyl (C=O) groups excluding carboxylic acids is 2. The van der Waals surface area contributed by atoms with Crippen LogP contribution in [0.4, 0.5) is 36.4 Å². The fourth-order valence-electron chi connectivity index (χ4n) is 6.03. The molecule has 3 aromatic rings. The van der Waals surface area contributed by atoms with Crippen molar-refractivity contribution in [1.82, 2.24) is 0 Å². The molecule has 1 N–H and O–H groups in total. The lowest BCUT2D eigenvalue weighted by molar-refractivity contribution is -0.155. The van der Waals surface area contributed by atoms with Crippen LogP contribution in [-0.4, -0.2) is 25.4 Å². The minimum absolute atomic E-state index is 0.000894. The number of thiophene rings is 1. The number of nitrogens with zero attached hydrogens (tertiary/aromatic N) is 1. The first-order valence-corrected chi connectivity index (χ1v) is 15.6. The first-order chi connectivity index (χ1) is 21.8. The van der Waals surface area contributed by atoms with Crippen LogP contribution in [0.15, 0.2) is 36.4 Å². The van der Waals surface area contributed by atoms with Gasteiger partial charge in [0.05, 0.1) is 51.7 Å². The van der Waals surface area contributed by atoms with Crippen LogP contribution in [0.25, 0.3) is 10.4 Å². The van der Waals surface area contributed by atoms with Crippen molar-refractivity contribution in [3.05, 3.63) is 74.9 Å². The minimum Gasteiger partial charge on any atom is -0.469 e. The SMILES string of the molecule is COC(=O)C1(Cc2sc(-c3ccc(F)cc3C)c(NCC(=O)C(C)(C)c3cc(C(F)(F)F)cc(C(F)(F)F)c3)c2C#N)CCCCC1. The molecule has 1 heterocycles. The number of nitrogens with one attached hydrogen (secondary N) is 1. The summed E-state index contributed by atoms with van der Waals surface area (Å²) in [7, 11) is 1.30. The predicted molar refractivity (Wildman–Crippen MR) is 163 cm³/mol. The smallest absolute Gasteiger partial charge is 0.416 e. The standard InChI is InChI=1S/C34H33F7N2O3S/c1-19-12-23(35)8-9-24(19)29-28(25(17-42)26(47-29)16-32(30(45)46-4)10-6-5-7-11-32)43-18-27(44)31(2,3)20-13-21(33(36,37)38)15-22(14-20)34(39,40)41/h8-9,12-15,43H,5-7,10-11,16,18H2,1-4H3. The summed E-state index contributed by atoms with van der Waals surface area (Å²) in [6.07, 6.45) is -6.42. The molecule has 0 radical (unpaired) electrons. The molecule has 1 aliphatic rings. The Hall–Kier alpha value is -3.92. The van der Waals surface area contributed by atoms with Crippen LogP contribution in [0.3, 0.4) is 0 Å². The van der Waals surface area contributed by atoms with Gasteiger partial charge >= 0.3 is 18.3 Å². The van der Waals surface area contributed by atoms with Crippen LogP contribution in [-0.2, 0) is 38.5 Å². The molecule has 13 heteroatoms. The molecule has 0 spiro atoms. The molecule has 1 aromatic heterocycles. The van der Waals surface area contributed by atoms with Gasteiger partial charge in [0.1, 0.15) is 11.9 Å². The highest BCUT2D eigenvalue weighted by atomic mass is 32.1. The monoisotopic (exact) mass is 682 g/mol. The quantitative estimate of drug-likeness (QED) is 0.180. The number of anilines is 1. The fourth-order valence-corrected chi connectivity index (χ4v) is 7.49. The Balaban J connectivity index is 1.77. The Morgan fingerprint density at radius 2 is 1.53 bits per heavy atom. The van der Waals surface area contributed by atoms with Gasteiger partial charge in [0.25, 0.3) is 0 Å².